The van der Waals surface area contributed by atoms with E-state index in [1.165, 1.54) is 35.7 Å². The molecule has 0 spiro atoms. The van der Waals surface area contributed by atoms with E-state index in [9.17, 15) is 4.79 Å². The number of benzene rings is 2. The van der Waals surface area contributed by atoms with Gasteiger partial charge in [-0.3, -0.25) is 4.79 Å². The van der Waals surface area contributed by atoms with Crippen LogP contribution in [0.4, 0.5) is 5.69 Å². The molecule has 1 fully saturated rings. The summed E-state index contributed by atoms with van der Waals surface area (Å²) in [6.07, 6.45) is 3.45. The van der Waals surface area contributed by atoms with Crippen molar-refractivity contribution in [3.63, 3.8) is 0 Å². The molecule has 4 rings (SSSR count). The maximum absolute atomic E-state index is 12.5. The van der Waals surface area contributed by atoms with E-state index in [1.807, 2.05) is 30.3 Å². The molecule has 1 saturated carbocycles. The Morgan fingerprint density at radius 1 is 1.13 bits per heavy atom. The van der Waals surface area contributed by atoms with E-state index in [2.05, 4.69) is 58.2 Å². The number of nitrogens with zero attached hydrogens (tertiary/aromatic N) is 3. The standard InChI is InChI=1S/C24H28N4OS/c1-3-17(2)19-11-13-21(14-12-19)25-22(29)16-30-24-27-26-23(20-9-10-20)28(24)15-18-7-5-4-6-8-18/h4-8,11-14,17,20H,3,9-10,15-16H2,1-2H3,(H,25,29). The van der Waals surface area contributed by atoms with Crippen molar-refractivity contribution in [1.29, 1.82) is 0 Å². The molecule has 3 aromatic rings. The Morgan fingerprint density at radius 3 is 2.53 bits per heavy atom. The number of rotatable bonds is 9. The van der Waals surface area contributed by atoms with Crippen LogP contribution in [0.25, 0.3) is 0 Å². The monoisotopic (exact) mass is 420 g/mol. The molecule has 1 N–H and O–H groups in total. The van der Waals surface area contributed by atoms with E-state index in [4.69, 9.17) is 0 Å². The lowest BCUT2D eigenvalue weighted by molar-refractivity contribution is -0.113. The van der Waals surface area contributed by atoms with Crippen LogP contribution in [0.3, 0.4) is 0 Å². The molecule has 30 heavy (non-hydrogen) atoms. The summed E-state index contributed by atoms with van der Waals surface area (Å²) in [7, 11) is 0. The number of anilines is 1. The second kappa shape index (κ2) is 9.47. The zero-order chi connectivity index (χ0) is 20.9. The Kier molecular flexibility index (Phi) is 6.53. The number of carbonyl (C=O) groups is 1. The van der Waals surface area contributed by atoms with Gasteiger partial charge in [-0.25, -0.2) is 0 Å². The average Bonchev–Trinajstić information content (AvgIpc) is 3.54. The summed E-state index contributed by atoms with van der Waals surface area (Å²) in [6.45, 7) is 5.13. The topological polar surface area (TPSA) is 59.8 Å². The number of amides is 1. The minimum Gasteiger partial charge on any atom is -0.325 e. The minimum absolute atomic E-state index is 0.0291. The van der Waals surface area contributed by atoms with Gasteiger partial charge in [0.1, 0.15) is 5.82 Å². The highest BCUT2D eigenvalue weighted by atomic mass is 32.2. The third-order valence-corrected chi connectivity index (χ3v) is 6.55. The lowest BCUT2D eigenvalue weighted by Crippen LogP contribution is -2.15. The quantitative estimate of drug-likeness (QED) is 0.468. The molecule has 6 heteroatoms. The second-order valence-corrected chi connectivity index (χ2v) is 8.90. The number of aromatic nitrogens is 3. The smallest absolute Gasteiger partial charge is 0.234 e. The Hall–Kier alpha value is -2.60. The Labute approximate surface area is 182 Å². The molecule has 1 amide bonds. The molecular formula is C24H28N4OS. The highest BCUT2D eigenvalue weighted by Crippen LogP contribution is 2.40. The first kappa shape index (κ1) is 20.7. The van der Waals surface area contributed by atoms with E-state index in [0.29, 0.717) is 17.6 Å². The molecule has 1 unspecified atom stereocenters. The Bertz CT molecular complexity index is 980. The van der Waals surface area contributed by atoms with Gasteiger partial charge in [-0.05, 0) is 48.4 Å². The summed E-state index contributed by atoms with van der Waals surface area (Å²) < 4.78 is 2.17. The summed E-state index contributed by atoms with van der Waals surface area (Å²) in [4.78, 5) is 12.5. The average molecular weight is 421 g/mol. The molecule has 156 valence electrons. The Morgan fingerprint density at radius 2 is 1.87 bits per heavy atom. The highest BCUT2D eigenvalue weighted by Gasteiger charge is 2.30. The predicted octanol–water partition coefficient (Wildman–Crippen LogP) is 5.45. The number of hydrogen-bond donors (Lipinski definition) is 1. The van der Waals surface area contributed by atoms with Gasteiger partial charge in [0.2, 0.25) is 5.91 Å². The third-order valence-electron chi connectivity index (χ3n) is 5.58. The first-order valence-electron chi connectivity index (χ1n) is 10.6. The van der Waals surface area contributed by atoms with Crippen LogP contribution in [0, 0.1) is 0 Å². The summed E-state index contributed by atoms with van der Waals surface area (Å²) >= 11 is 1.45. The second-order valence-electron chi connectivity index (χ2n) is 7.95. The van der Waals surface area contributed by atoms with Crippen LogP contribution >= 0.6 is 11.8 Å². The largest absolute Gasteiger partial charge is 0.325 e. The van der Waals surface area contributed by atoms with Crippen molar-refractivity contribution in [3.8, 4) is 0 Å². The number of hydrogen-bond acceptors (Lipinski definition) is 4. The summed E-state index contributed by atoms with van der Waals surface area (Å²) in [5.74, 6) is 2.36. The van der Waals surface area contributed by atoms with Gasteiger partial charge >= 0.3 is 0 Å². The van der Waals surface area contributed by atoms with Crippen LogP contribution in [-0.4, -0.2) is 26.4 Å². The first-order valence-corrected chi connectivity index (χ1v) is 11.6. The van der Waals surface area contributed by atoms with Crippen LogP contribution in [0.2, 0.25) is 0 Å². The van der Waals surface area contributed by atoms with E-state index < -0.39 is 0 Å². The van der Waals surface area contributed by atoms with Gasteiger partial charge in [0.25, 0.3) is 0 Å². The molecule has 0 radical (unpaired) electrons. The van der Waals surface area contributed by atoms with Gasteiger partial charge in [-0.15, -0.1) is 10.2 Å². The number of carbonyl (C=O) groups excluding carboxylic acids is 1. The fourth-order valence-corrected chi connectivity index (χ4v) is 4.17. The summed E-state index contributed by atoms with van der Waals surface area (Å²) in [6, 6.07) is 18.5. The van der Waals surface area contributed by atoms with Gasteiger partial charge in [-0.1, -0.05) is 68.1 Å². The van der Waals surface area contributed by atoms with Gasteiger partial charge < -0.3 is 9.88 Å². The van der Waals surface area contributed by atoms with Crippen molar-refractivity contribution in [1.82, 2.24) is 14.8 Å². The molecule has 1 heterocycles. The third kappa shape index (κ3) is 5.11. The van der Waals surface area contributed by atoms with E-state index in [-0.39, 0.29) is 5.91 Å². The lowest BCUT2D eigenvalue weighted by atomic mass is 9.99. The van der Waals surface area contributed by atoms with Crippen molar-refractivity contribution in [2.45, 2.75) is 56.6 Å². The van der Waals surface area contributed by atoms with E-state index in [1.54, 1.807) is 0 Å². The Balaban J connectivity index is 1.39. The highest BCUT2D eigenvalue weighted by molar-refractivity contribution is 7.99. The molecule has 0 aliphatic heterocycles. The maximum atomic E-state index is 12.5. The zero-order valence-electron chi connectivity index (χ0n) is 17.5. The van der Waals surface area contributed by atoms with Crippen molar-refractivity contribution in [2.75, 3.05) is 11.1 Å². The van der Waals surface area contributed by atoms with Crippen molar-refractivity contribution in [2.24, 2.45) is 0 Å². The molecule has 2 aromatic carbocycles. The fourth-order valence-electron chi connectivity index (χ4n) is 3.42. The van der Waals surface area contributed by atoms with Gasteiger partial charge in [0, 0.05) is 11.6 Å². The molecular weight excluding hydrogens is 392 g/mol. The molecule has 1 aliphatic rings. The number of nitrogens with one attached hydrogen (secondary N) is 1. The van der Waals surface area contributed by atoms with Gasteiger partial charge in [0.05, 0.1) is 12.3 Å². The van der Waals surface area contributed by atoms with Crippen LogP contribution in [-0.2, 0) is 11.3 Å². The molecule has 0 bridgehead atoms. The molecule has 5 nitrogen and oxygen atoms in total. The van der Waals surface area contributed by atoms with Gasteiger partial charge in [0.15, 0.2) is 5.16 Å². The fraction of sp³-hybridized carbons (Fsp3) is 0.375. The molecule has 1 aromatic heterocycles. The van der Waals surface area contributed by atoms with E-state index in [0.717, 1.165) is 29.6 Å². The normalized spacial score (nSPS) is 14.5. The molecule has 1 atom stereocenters. The summed E-state index contributed by atoms with van der Waals surface area (Å²) in [5, 5.41) is 12.6. The van der Waals surface area contributed by atoms with Crippen molar-refractivity contribution < 1.29 is 4.79 Å². The predicted molar refractivity (Wildman–Crippen MR) is 122 cm³/mol. The van der Waals surface area contributed by atoms with Crippen molar-refractivity contribution >= 4 is 23.4 Å². The van der Waals surface area contributed by atoms with Crippen LogP contribution in [0.1, 0.15) is 61.9 Å². The van der Waals surface area contributed by atoms with Crippen molar-refractivity contribution in [3.05, 3.63) is 71.5 Å². The lowest BCUT2D eigenvalue weighted by Gasteiger charge is -2.11. The minimum atomic E-state index is -0.0291. The summed E-state index contributed by atoms with van der Waals surface area (Å²) in [5.41, 5.74) is 3.34. The van der Waals surface area contributed by atoms with Crippen LogP contribution < -0.4 is 5.32 Å². The zero-order valence-corrected chi connectivity index (χ0v) is 18.4. The maximum Gasteiger partial charge on any atom is 0.234 e. The van der Waals surface area contributed by atoms with E-state index >= 15 is 0 Å². The molecule has 1 aliphatic carbocycles. The van der Waals surface area contributed by atoms with Crippen LogP contribution in [0.15, 0.2) is 59.8 Å². The first-order chi connectivity index (χ1) is 14.6. The number of thioether (sulfide) groups is 1. The molecule has 0 saturated heterocycles. The van der Waals surface area contributed by atoms with Gasteiger partial charge in [-0.2, -0.15) is 0 Å². The van der Waals surface area contributed by atoms with Crippen LogP contribution in [0.5, 0.6) is 0 Å². The SMILES string of the molecule is CCC(C)c1ccc(NC(=O)CSc2nnc(C3CC3)n2Cc2ccccc2)cc1.